The normalized spacial score (nSPS) is 17.0. The summed E-state index contributed by atoms with van der Waals surface area (Å²) < 4.78 is 4.85. The number of benzene rings is 2. The molecule has 21 heavy (non-hydrogen) atoms. The molecule has 1 aliphatic rings. The molecule has 0 amide bonds. The Morgan fingerprint density at radius 2 is 1.86 bits per heavy atom. The maximum absolute atomic E-state index is 12.4. The summed E-state index contributed by atoms with van der Waals surface area (Å²) in [5, 5.41) is 2.46. The van der Waals surface area contributed by atoms with Crippen LogP contribution in [0.5, 0.6) is 0 Å². The third-order valence-corrected chi connectivity index (χ3v) is 6.93. The first-order valence-corrected chi connectivity index (χ1v) is 9.13. The first-order chi connectivity index (χ1) is 10.2. The largest absolute Gasteiger partial charge is 0.464 e. The number of esters is 1. The smallest absolute Gasteiger partial charge is 0.332 e. The number of hydrogen-bond donors (Lipinski definition) is 0. The Kier molecular flexibility index (Phi) is 4.45. The second kappa shape index (κ2) is 6.32. The van der Waals surface area contributed by atoms with Gasteiger partial charge in [-0.15, -0.1) is 23.5 Å². The van der Waals surface area contributed by atoms with Crippen LogP contribution in [0.15, 0.2) is 42.5 Å². The Hall–Kier alpha value is -1.13. The fourth-order valence-electron chi connectivity index (χ4n) is 2.61. The third-order valence-electron chi connectivity index (χ3n) is 3.59. The molecule has 0 aromatic heterocycles. The number of thioether (sulfide) groups is 2. The van der Waals surface area contributed by atoms with Crippen LogP contribution in [0.25, 0.3) is 10.8 Å². The summed E-state index contributed by atoms with van der Waals surface area (Å²) >= 11 is 3.45. The second-order valence-electron chi connectivity index (χ2n) is 5.03. The molecule has 0 unspecified atom stereocenters. The summed E-state index contributed by atoms with van der Waals surface area (Å²) in [7, 11) is 0. The predicted octanol–water partition coefficient (Wildman–Crippen LogP) is 4.12. The average Bonchev–Trinajstić information content (AvgIpc) is 2.97. The Balaban J connectivity index is 1.89. The van der Waals surface area contributed by atoms with Crippen molar-refractivity contribution in [2.75, 3.05) is 18.1 Å². The molecule has 1 fully saturated rings. The van der Waals surface area contributed by atoms with Crippen molar-refractivity contribution in [3.8, 4) is 0 Å². The van der Waals surface area contributed by atoms with Gasteiger partial charge in [-0.1, -0.05) is 42.5 Å². The zero-order valence-corrected chi connectivity index (χ0v) is 13.6. The molecule has 0 atom stereocenters. The standard InChI is InChI=1S/C17H18O2S2/c1-2-19-16(18)17(20-9-10-21-17)12-13-7-8-14-5-3-4-6-15(14)11-13/h3-8,11H,2,9-10,12H2,1H3. The van der Waals surface area contributed by atoms with Gasteiger partial charge in [0.05, 0.1) is 6.61 Å². The Morgan fingerprint density at radius 1 is 1.14 bits per heavy atom. The van der Waals surface area contributed by atoms with Crippen LogP contribution in [0, 0.1) is 0 Å². The van der Waals surface area contributed by atoms with Crippen molar-refractivity contribution in [2.45, 2.75) is 17.4 Å². The van der Waals surface area contributed by atoms with Gasteiger partial charge in [0.15, 0.2) is 4.08 Å². The van der Waals surface area contributed by atoms with Crippen molar-refractivity contribution in [1.29, 1.82) is 0 Å². The summed E-state index contributed by atoms with van der Waals surface area (Å²) in [6.45, 7) is 2.31. The summed E-state index contributed by atoms with van der Waals surface area (Å²) in [4.78, 5) is 12.4. The van der Waals surface area contributed by atoms with Crippen molar-refractivity contribution in [3.05, 3.63) is 48.0 Å². The van der Waals surface area contributed by atoms with E-state index in [-0.39, 0.29) is 5.97 Å². The zero-order valence-electron chi connectivity index (χ0n) is 12.0. The van der Waals surface area contributed by atoms with E-state index in [0.717, 1.165) is 17.9 Å². The molecule has 1 aliphatic heterocycles. The maximum Gasteiger partial charge on any atom is 0.332 e. The summed E-state index contributed by atoms with van der Waals surface area (Å²) in [5.74, 6) is 1.94. The lowest BCUT2D eigenvalue weighted by atomic mass is 10.0. The molecule has 0 bridgehead atoms. The lowest BCUT2D eigenvalue weighted by molar-refractivity contribution is -0.143. The molecular weight excluding hydrogens is 300 g/mol. The monoisotopic (exact) mass is 318 g/mol. The SMILES string of the molecule is CCOC(=O)C1(Cc2ccc3ccccc3c2)SCCS1. The van der Waals surface area contributed by atoms with Gasteiger partial charge in [-0.2, -0.15) is 0 Å². The van der Waals surface area contributed by atoms with Gasteiger partial charge in [0.2, 0.25) is 0 Å². The lowest BCUT2D eigenvalue weighted by Crippen LogP contribution is -2.34. The molecule has 0 aliphatic carbocycles. The number of carbonyl (C=O) groups excluding carboxylic acids is 1. The summed E-state index contributed by atoms with van der Waals surface area (Å²) in [6.07, 6.45) is 0.728. The van der Waals surface area contributed by atoms with Gasteiger partial charge in [0.25, 0.3) is 0 Å². The van der Waals surface area contributed by atoms with Crippen molar-refractivity contribution in [3.63, 3.8) is 0 Å². The zero-order chi connectivity index (χ0) is 14.7. The number of carbonyl (C=O) groups is 1. The van der Waals surface area contributed by atoms with Crippen LogP contribution < -0.4 is 0 Å². The van der Waals surface area contributed by atoms with Gasteiger partial charge in [0, 0.05) is 17.9 Å². The van der Waals surface area contributed by atoms with E-state index in [0.29, 0.717) is 6.61 Å². The molecule has 2 nitrogen and oxygen atoms in total. The third kappa shape index (κ3) is 3.06. The van der Waals surface area contributed by atoms with E-state index < -0.39 is 4.08 Å². The van der Waals surface area contributed by atoms with Crippen molar-refractivity contribution < 1.29 is 9.53 Å². The highest BCUT2D eigenvalue weighted by Crippen LogP contribution is 2.47. The molecule has 0 N–H and O–H groups in total. The topological polar surface area (TPSA) is 26.3 Å². The van der Waals surface area contributed by atoms with E-state index in [9.17, 15) is 4.79 Å². The lowest BCUT2D eigenvalue weighted by Gasteiger charge is -2.25. The number of rotatable bonds is 4. The van der Waals surface area contributed by atoms with Crippen molar-refractivity contribution in [1.82, 2.24) is 0 Å². The van der Waals surface area contributed by atoms with Crippen LogP contribution in [0.2, 0.25) is 0 Å². The molecule has 1 heterocycles. The van der Waals surface area contributed by atoms with Gasteiger partial charge in [-0.05, 0) is 23.3 Å². The van der Waals surface area contributed by atoms with Crippen LogP contribution in [-0.4, -0.2) is 28.2 Å². The number of hydrogen-bond acceptors (Lipinski definition) is 4. The van der Waals surface area contributed by atoms with Crippen LogP contribution in [-0.2, 0) is 16.0 Å². The minimum atomic E-state index is -0.460. The molecular formula is C17H18O2S2. The minimum absolute atomic E-state index is 0.0781. The van der Waals surface area contributed by atoms with Gasteiger partial charge >= 0.3 is 5.97 Å². The van der Waals surface area contributed by atoms with E-state index in [1.807, 2.05) is 19.1 Å². The Morgan fingerprint density at radius 3 is 2.57 bits per heavy atom. The molecule has 1 saturated heterocycles. The van der Waals surface area contributed by atoms with Crippen molar-refractivity contribution in [2.24, 2.45) is 0 Å². The number of ether oxygens (including phenoxy) is 1. The fraction of sp³-hybridized carbons (Fsp3) is 0.353. The van der Waals surface area contributed by atoms with Crippen LogP contribution in [0.1, 0.15) is 12.5 Å². The average molecular weight is 318 g/mol. The number of fused-ring (bicyclic) bond motifs is 1. The molecule has 0 spiro atoms. The minimum Gasteiger partial charge on any atom is -0.464 e. The molecule has 4 heteroatoms. The first-order valence-electron chi connectivity index (χ1n) is 7.16. The van der Waals surface area contributed by atoms with Gasteiger partial charge in [-0.3, -0.25) is 0 Å². The molecule has 0 saturated carbocycles. The quantitative estimate of drug-likeness (QED) is 0.792. The van der Waals surface area contributed by atoms with Crippen LogP contribution in [0.3, 0.4) is 0 Å². The van der Waals surface area contributed by atoms with E-state index in [2.05, 4.69) is 30.3 Å². The molecule has 110 valence electrons. The van der Waals surface area contributed by atoms with E-state index in [4.69, 9.17) is 4.74 Å². The summed E-state index contributed by atoms with van der Waals surface area (Å²) in [5.41, 5.74) is 1.20. The van der Waals surface area contributed by atoms with E-state index in [1.165, 1.54) is 16.3 Å². The molecule has 2 aromatic carbocycles. The molecule has 2 aromatic rings. The van der Waals surface area contributed by atoms with Gasteiger partial charge in [-0.25, -0.2) is 4.79 Å². The highest BCUT2D eigenvalue weighted by atomic mass is 32.2. The fourth-order valence-corrected chi connectivity index (χ4v) is 5.66. The van der Waals surface area contributed by atoms with E-state index in [1.54, 1.807) is 23.5 Å². The van der Waals surface area contributed by atoms with Crippen molar-refractivity contribution >= 4 is 40.3 Å². The highest BCUT2D eigenvalue weighted by Gasteiger charge is 2.44. The van der Waals surface area contributed by atoms with E-state index >= 15 is 0 Å². The summed E-state index contributed by atoms with van der Waals surface area (Å²) in [6, 6.07) is 14.8. The maximum atomic E-state index is 12.4. The highest BCUT2D eigenvalue weighted by molar-refractivity contribution is 8.22. The van der Waals surface area contributed by atoms with Crippen LogP contribution >= 0.6 is 23.5 Å². The molecule has 3 rings (SSSR count). The van der Waals surface area contributed by atoms with Gasteiger partial charge < -0.3 is 4.74 Å². The van der Waals surface area contributed by atoms with Gasteiger partial charge in [0.1, 0.15) is 0 Å². The molecule has 0 radical (unpaired) electrons. The predicted molar refractivity (Wildman–Crippen MR) is 91.9 cm³/mol. The van der Waals surface area contributed by atoms with Crippen LogP contribution in [0.4, 0.5) is 0 Å². The second-order valence-corrected chi connectivity index (χ2v) is 8.07. The first kappa shape index (κ1) is 14.8. The Bertz CT molecular complexity index is 648. The Labute approximate surface area is 133 Å².